The lowest BCUT2D eigenvalue weighted by atomic mass is 9.88. The molecule has 0 aromatic rings. The minimum absolute atomic E-state index is 0. The van der Waals surface area contributed by atoms with Gasteiger partial charge in [-0.2, -0.15) is 0 Å². The van der Waals surface area contributed by atoms with Crippen LogP contribution in [0.5, 0.6) is 0 Å². The van der Waals surface area contributed by atoms with E-state index in [9.17, 15) is 9.59 Å². The van der Waals surface area contributed by atoms with Crippen molar-refractivity contribution in [2.75, 3.05) is 13.2 Å². The number of ether oxygens (including phenoxy) is 1. The minimum atomic E-state index is -0.427. The molecule has 0 saturated carbocycles. The van der Waals surface area contributed by atoms with Crippen LogP contribution in [0.3, 0.4) is 0 Å². The van der Waals surface area contributed by atoms with Crippen molar-refractivity contribution in [3.05, 3.63) is 0 Å². The first-order valence-corrected chi connectivity index (χ1v) is 5.56. The van der Waals surface area contributed by atoms with E-state index in [2.05, 4.69) is 0 Å². The second-order valence-electron chi connectivity index (χ2n) is 4.36. The Morgan fingerprint density at radius 1 is 0.947 bits per heavy atom. The lowest BCUT2D eigenvalue weighted by Crippen LogP contribution is -2.29. The van der Waals surface area contributed by atoms with Crippen LogP contribution in [0.25, 0.3) is 0 Å². The summed E-state index contributed by atoms with van der Waals surface area (Å²) in [4.78, 5) is 22.5. The third kappa shape index (κ3) is 13.5. The summed E-state index contributed by atoms with van der Waals surface area (Å²) in [5.74, 6) is 0.402. The van der Waals surface area contributed by atoms with Crippen LogP contribution in [-0.4, -0.2) is 24.8 Å². The number of rotatable bonds is 8. The Morgan fingerprint density at radius 2 is 1.42 bits per heavy atom. The van der Waals surface area contributed by atoms with Gasteiger partial charge < -0.3 is 4.74 Å². The highest BCUT2D eigenvalue weighted by molar-refractivity contribution is 5.83. The van der Waals surface area contributed by atoms with Crippen molar-refractivity contribution in [1.29, 1.82) is 0 Å². The van der Waals surface area contributed by atoms with E-state index in [0.29, 0.717) is 32.5 Å². The lowest BCUT2D eigenvalue weighted by molar-refractivity contribution is -0.130. The van der Waals surface area contributed by atoms with Crippen LogP contribution in [0.1, 0.15) is 76.7 Å². The molecule has 0 aromatic heterocycles. The molecular weight excluding hydrogens is 240 g/mol. The standard InChI is InChI=1S/C12H22O3.4CH4/c1-5-10(13)7-8-15-9-12(3,4)11(14)6-2;;;;/h5-9H2,1-4H3;4*1H4. The maximum Gasteiger partial charge on any atom is 0.140 e. The van der Waals surface area contributed by atoms with Crippen molar-refractivity contribution >= 4 is 11.6 Å². The van der Waals surface area contributed by atoms with E-state index < -0.39 is 5.41 Å². The Labute approximate surface area is 122 Å². The summed E-state index contributed by atoms with van der Waals surface area (Å²) < 4.78 is 5.35. The highest BCUT2D eigenvalue weighted by Gasteiger charge is 2.25. The number of carbonyl (C=O) groups excluding carboxylic acids is 2. The summed E-state index contributed by atoms with van der Waals surface area (Å²) in [5, 5.41) is 0. The van der Waals surface area contributed by atoms with Crippen LogP contribution in [0.2, 0.25) is 0 Å². The fourth-order valence-corrected chi connectivity index (χ4v) is 1.25. The first-order valence-electron chi connectivity index (χ1n) is 5.56. The molecular formula is C16H38O3. The molecule has 0 aliphatic carbocycles. The van der Waals surface area contributed by atoms with E-state index >= 15 is 0 Å². The second kappa shape index (κ2) is 15.4. The SMILES string of the molecule is C.C.C.C.CCC(=O)CCOCC(C)(C)C(=O)CC. The molecule has 3 heteroatoms. The van der Waals surface area contributed by atoms with E-state index in [1.54, 1.807) is 0 Å². The molecule has 0 aromatic carbocycles. The number of ketones is 2. The lowest BCUT2D eigenvalue weighted by Gasteiger charge is -2.22. The van der Waals surface area contributed by atoms with Crippen LogP contribution in [0, 0.1) is 5.41 Å². The van der Waals surface area contributed by atoms with Crippen LogP contribution < -0.4 is 0 Å². The van der Waals surface area contributed by atoms with Crippen molar-refractivity contribution < 1.29 is 14.3 Å². The smallest absolute Gasteiger partial charge is 0.140 e. The molecule has 0 fully saturated rings. The molecule has 0 N–H and O–H groups in total. The number of carbonyl (C=O) groups is 2. The zero-order valence-corrected chi connectivity index (χ0v) is 10.3. The van der Waals surface area contributed by atoms with Gasteiger partial charge in [0.25, 0.3) is 0 Å². The van der Waals surface area contributed by atoms with E-state index in [0.717, 1.165) is 0 Å². The summed E-state index contributed by atoms with van der Waals surface area (Å²) in [6.45, 7) is 8.27. The maximum absolute atomic E-state index is 11.5. The molecule has 0 amide bonds. The molecule has 0 saturated heterocycles. The van der Waals surface area contributed by atoms with Crippen LogP contribution in [0.4, 0.5) is 0 Å². The largest absolute Gasteiger partial charge is 0.380 e. The molecule has 19 heavy (non-hydrogen) atoms. The second-order valence-corrected chi connectivity index (χ2v) is 4.36. The van der Waals surface area contributed by atoms with Crippen molar-refractivity contribution in [2.45, 2.75) is 76.7 Å². The monoisotopic (exact) mass is 278 g/mol. The fourth-order valence-electron chi connectivity index (χ4n) is 1.25. The van der Waals surface area contributed by atoms with Crippen molar-refractivity contribution in [2.24, 2.45) is 5.41 Å². The summed E-state index contributed by atoms with van der Waals surface area (Å²) in [5.41, 5.74) is -0.427. The molecule has 0 bridgehead atoms. The van der Waals surface area contributed by atoms with Gasteiger partial charge in [-0.1, -0.05) is 57.4 Å². The molecule has 120 valence electrons. The summed E-state index contributed by atoms with van der Waals surface area (Å²) >= 11 is 0. The molecule has 3 nitrogen and oxygen atoms in total. The minimum Gasteiger partial charge on any atom is -0.380 e. The van der Waals surface area contributed by atoms with Crippen LogP contribution in [-0.2, 0) is 14.3 Å². The Balaban J connectivity index is -0.000000163. The zero-order valence-electron chi connectivity index (χ0n) is 10.3. The number of hydrogen-bond acceptors (Lipinski definition) is 3. The van der Waals surface area contributed by atoms with Gasteiger partial charge in [-0.25, -0.2) is 0 Å². The van der Waals surface area contributed by atoms with Gasteiger partial charge in [0.1, 0.15) is 11.6 Å². The molecule has 0 aliphatic rings. The topological polar surface area (TPSA) is 43.4 Å². The maximum atomic E-state index is 11.5. The summed E-state index contributed by atoms with van der Waals surface area (Å²) in [6.07, 6.45) is 1.54. The van der Waals surface area contributed by atoms with Crippen molar-refractivity contribution in [3.63, 3.8) is 0 Å². The molecule has 0 atom stereocenters. The van der Waals surface area contributed by atoms with Gasteiger partial charge in [-0.15, -0.1) is 0 Å². The van der Waals surface area contributed by atoms with Gasteiger partial charge >= 0.3 is 0 Å². The average molecular weight is 278 g/mol. The quantitative estimate of drug-likeness (QED) is 0.592. The van der Waals surface area contributed by atoms with Crippen LogP contribution in [0.15, 0.2) is 0 Å². The Bertz CT molecular complexity index is 220. The fraction of sp³-hybridized carbons (Fsp3) is 0.875. The molecule has 0 aliphatic heterocycles. The van der Waals surface area contributed by atoms with Gasteiger partial charge in [0.2, 0.25) is 0 Å². The molecule has 0 unspecified atom stereocenters. The van der Waals surface area contributed by atoms with E-state index in [-0.39, 0.29) is 41.3 Å². The average Bonchev–Trinajstić information content (AvgIpc) is 2.22. The van der Waals surface area contributed by atoms with Gasteiger partial charge in [-0.3, -0.25) is 9.59 Å². The van der Waals surface area contributed by atoms with E-state index in [1.807, 2.05) is 27.7 Å². The first-order chi connectivity index (χ1) is 6.94. The van der Waals surface area contributed by atoms with Gasteiger partial charge in [-0.05, 0) is 0 Å². The van der Waals surface area contributed by atoms with Crippen molar-refractivity contribution in [1.82, 2.24) is 0 Å². The highest BCUT2D eigenvalue weighted by atomic mass is 16.5. The van der Waals surface area contributed by atoms with Crippen molar-refractivity contribution in [3.8, 4) is 0 Å². The Hall–Kier alpha value is -0.700. The third-order valence-corrected chi connectivity index (χ3v) is 2.46. The van der Waals surface area contributed by atoms with Crippen LogP contribution >= 0.6 is 0 Å². The van der Waals surface area contributed by atoms with Gasteiger partial charge in [0.15, 0.2) is 0 Å². The number of Topliss-reactive ketones (excluding diaryl/α,β-unsaturated/α-hetero) is 2. The highest BCUT2D eigenvalue weighted by Crippen LogP contribution is 2.18. The van der Waals surface area contributed by atoms with Gasteiger partial charge in [0, 0.05) is 24.7 Å². The zero-order chi connectivity index (χ0) is 11.9. The van der Waals surface area contributed by atoms with Gasteiger partial charge in [0.05, 0.1) is 13.2 Å². The van der Waals surface area contributed by atoms with E-state index in [1.165, 1.54) is 0 Å². The number of hydrogen-bond donors (Lipinski definition) is 0. The Morgan fingerprint density at radius 3 is 1.79 bits per heavy atom. The summed E-state index contributed by atoms with van der Waals surface area (Å²) in [7, 11) is 0. The third-order valence-electron chi connectivity index (χ3n) is 2.46. The first kappa shape index (κ1) is 31.0. The Kier molecular flexibility index (Phi) is 25.0. The predicted octanol–water partition coefficient (Wildman–Crippen LogP) is 4.92. The summed E-state index contributed by atoms with van der Waals surface area (Å²) in [6, 6.07) is 0. The molecule has 0 rings (SSSR count). The van der Waals surface area contributed by atoms with E-state index in [4.69, 9.17) is 4.74 Å². The molecule has 0 spiro atoms. The molecule has 0 radical (unpaired) electrons. The predicted molar refractivity (Wildman–Crippen MR) is 86.7 cm³/mol. The molecule has 0 heterocycles. The normalized spacial score (nSPS) is 9.05.